The Balaban J connectivity index is 1.35. The predicted octanol–water partition coefficient (Wildman–Crippen LogP) is 4.59. The molecule has 0 unspecified atom stereocenters. The van der Waals surface area contributed by atoms with Gasteiger partial charge < -0.3 is 24.8 Å². The minimum Gasteiger partial charge on any atom is -0.444 e. The van der Waals surface area contributed by atoms with Crippen molar-refractivity contribution in [3.8, 4) is 11.4 Å². The highest BCUT2D eigenvalue weighted by molar-refractivity contribution is 6.06. The van der Waals surface area contributed by atoms with Gasteiger partial charge in [-0.15, -0.1) is 0 Å². The number of hydrogen-bond acceptors (Lipinski definition) is 5. The lowest BCUT2D eigenvalue weighted by atomic mass is 10.00. The summed E-state index contributed by atoms with van der Waals surface area (Å²) in [4.78, 5) is 44.4. The topological polar surface area (TPSA) is 106 Å². The van der Waals surface area contributed by atoms with Crippen molar-refractivity contribution in [2.75, 3.05) is 18.4 Å². The number of rotatable bonds is 4. The molecule has 2 aromatic rings. The van der Waals surface area contributed by atoms with Crippen LogP contribution in [0.1, 0.15) is 39.2 Å². The highest BCUT2D eigenvalue weighted by Gasteiger charge is 2.34. The molecule has 0 saturated carbocycles. The molecular formula is C29H33N5O4. The minimum atomic E-state index is -0.661. The molecule has 198 valence electrons. The standard InChI is InChI=1S/C29H33N5O4/c1-17-19-9-6-7-10-22(19)33(5)26-25(17)20-15-18(12-13-21(20)32-26)31-27(36)23-11-8-14-34(23)24(35)16-30-28(37)38-29(2,3)4/h6-7,9-10,12-13,15,23H,8,11,14,16H2,1-5H3,(H,30,37)(H,31,36)/t23-/m0/s1. The summed E-state index contributed by atoms with van der Waals surface area (Å²) in [6.07, 6.45) is 0.620. The fraction of sp³-hybridized carbons (Fsp3) is 0.379. The first-order valence-electron chi connectivity index (χ1n) is 12.9. The fourth-order valence-corrected chi connectivity index (χ4v) is 5.27. The van der Waals surface area contributed by atoms with Crippen LogP contribution in [-0.4, -0.2) is 57.1 Å². The highest BCUT2D eigenvalue weighted by Crippen LogP contribution is 2.39. The molecule has 1 fully saturated rings. The molecular weight excluding hydrogens is 482 g/mol. The number of pyridine rings is 1. The van der Waals surface area contributed by atoms with Crippen LogP contribution in [0.4, 0.5) is 10.5 Å². The molecule has 0 bridgehead atoms. The second kappa shape index (κ2) is 9.63. The van der Waals surface area contributed by atoms with E-state index >= 15 is 0 Å². The second-order valence-corrected chi connectivity index (χ2v) is 10.8. The average molecular weight is 516 g/mol. The molecule has 1 atom stereocenters. The van der Waals surface area contributed by atoms with Gasteiger partial charge in [0.05, 0.1) is 5.52 Å². The molecule has 5 rings (SSSR count). The Kier molecular flexibility index (Phi) is 6.46. The van der Waals surface area contributed by atoms with Crippen molar-refractivity contribution in [2.24, 2.45) is 7.05 Å². The number of para-hydroxylation sites is 1. The van der Waals surface area contributed by atoms with E-state index in [1.165, 1.54) is 4.90 Å². The number of benzene rings is 2. The number of anilines is 1. The van der Waals surface area contributed by atoms with Gasteiger partial charge in [0.25, 0.3) is 0 Å². The Morgan fingerprint density at radius 2 is 1.87 bits per heavy atom. The first-order valence-corrected chi connectivity index (χ1v) is 12.9. The summed E-state index contributed by atoms with van der Waals surface area (Å²) >= 11 is 0. The molecule has 2 N–H and O–H groups in total. The molecule has 1 saturated heterocycles. The van der Waals surface area contributed by atoms with Gasteiger partial charge in [-0.1, -0.05) is 18.2 Å². The molecule has 2 aromatic carbocycles. The van der Waals surface area contributed by atoms with Gasteiger partial charge in [0, 0.05) is 41.1 Å². The number of ether oxygens (including phenoxy) is 1. The van der Waals surface area contributed by atoms with Crippen molar-refractivity contribution in [3.05, 3.63) is 48.0 Å². The summed E-state index contributed by atoms with van der Waals surface area (Å²) in [7, 11) is 2.02. The lowest BCUT2D eigenvalue weighted by Crippen LogP contribution is -2.47. The van der Waals surface area contributed by atoms with Crippen LogP contribution in [0, 0.1) is 6.92 Å². The van der Waals surface area contributed by atoms with E-state index in [0.717, 1.165) is 45.2 Å². The van der Waals surface area contributed by atoms with Crippen molar-refractivity contribution >= 4 is 45.4 Å². The van der Waals surface area contributed by atoms with Crippen LogP contribution in [-0.2, 0) is 21.4 Å². The number of alkyl carbamates (subject to hydrolysis) is 1. The van der Waals surface area contributed by atoms with Crippen molar-refractivity contribution < 1.29 is 19.1 Å². The summed E-state index contributed by atoms with van der Waals surface area (Å²) in [5.41, 5.74) is 4.17. The molecule has 3 amide bonds. The van der Waals surface area contributed by atoms with Crippen LogP contribution < -0.4 is 10.6 Å². The van der Waals surface area contributed by atoms with E-state index in [4.69, 9.17) is 9.72 Å². The van der Waals surface area contributed by atoms with E-state index in [1.807, 2.05) is 37.4 Å². The minimum absolute atomic E-state index is 0.222. The smallest absolute Gasteiger partial charge is 0.408 e. The summed E-state index contributed by atoms with van der Waals surface area (Å²) in [5, 5.41) is 7.62. The monoisotopic (exact) mass is 515 g/mol. The van der Waals surface area contributed by atoms with Crippen molar-refractivity contribution in [3.63, 3.8) is 0 Å². The maximum absolute atomic E-state index is 13.3. The molecule has 0 aromatic heterocycles. The van der Waals surface area contributed by atoms with Gasteiger partial charge in [-0.3, -0.25) is 9.59 Å². The maximum Gasteiger partial charge on any atom is 0.408 e. The molecule has 3 aliphatic heterocycles. The quantitative estimate of drug-likeness (QED) is 0.414. The lowest BCUT2D eigenvalue weighted by Gasteiger charge is -2.25. The Morgan fingerprint density at radius 1 is 1.11 bits per heavy atom. The zero-order chi connectivity index (χ0) is 27.2. The Labute approximate surface area is 221 Å². The van der Waals surface area contributed by atoms with E-state index in [1.54, 1.807) is 20.8 Å². The number of nitrogens with zero attached hydrogens (tertiary/aromatic N) is 3. The lowest BCUT2D eigenvalue weighted by molar-refractivity contribution is -0.135. The SMILES string of the molecule is Cc1c2c3cc(NC(=O)[C@@H]4CCCN4C(=O)CNC(=O)OC(C)(C)C)ccc3nc-2n(C)c2ccccc12. The molecule has 0 radical (unpaired) electrons. The first-order chi connectivity index (χ1) is 18.0. The van der Waals surface area contributed by atoms with Crippen LogP contribution in [0.25, 0.3) is 33.2 Å². The van der Waals surface area contributed by atoms with E-state index in [2.05, 4.69) is 34.3 Å². The number of fused-ring (bicyclic) bond motifs is 4. The van der Waals surface area contributed by atoms with E-state index in [-0.39, 0.29) is 18.4 Å². The Bertz CT molecular complexity index is 1530. The average Bonchev–Trinajstić information content (AvgIpc) is 3.50. The summed E-state index contributed by atoms with van der Waals surface area (Å²) in [5.74, 6) is 0.332. The second-order valence-electron chi connectivity index (χ2n) is 10.8. The van der Waals surface area contributed by atoms with E-state index < -0.39 is 17.7 Å². The third kappa shape index (κ3) is 4.76. The van der Waals surface area contributed by atoms with Crippen LogP contribution in [0.3, 0.4) is 0 Å². The highest BCUT2D eigenvalue weighted by atomic mass is 16.6. The largest absolute Gasteiger partial charge is 0.444 e. The van der Waals surface area contributed by atoms with Crippen molar-refractivity contribution in [1.82, 2.24) is 19.8 Å². The summed E-state index contributed by atoms with van der Waals surface area (Å²) < 4.78 is 7.30. The van der Waals surface area contributed by atoms with Crippen LogP contribution in [0.2, 0.25) is 0 Å². The number of amides is 3. The Hall–Kier alpha value is -4.14. The van der Waals surface area contributed by atoms with Crippen LogP contribution in [0.15, 0.2) is 42.5 Å². The fourth-order valence-electron chi connectivity index (χ4n) is 5.27. The zero-order valence-corrected chi connectivity index (χ0v) is 22.4. The summed E-state index contributed by atoms with van der Waals surface area (Å²) in [6, 6.07) is 13.4. The number of hydrogen-bond donors (Lipinski definition) is 2. The molecule has 0 aliphatic carbocycles. The van der Waals surface area contributed by atoms with Gasteiger partial charge >= 0.3 is 6.09 Å². The van der Waals surface area contributed by atoms with Gasteiger partial charge in [-0.2, -0.15) is 0 Å². The van der Waals surface area contributed by atoms with Crippen LogP contribution >= 0.6 is 0 Å². The summed E-state index contributed by atoms with van der Waals surface area (Å²) in [6.45, 7) is 7.61. The third-order valence-electron chi connectivity index (χ3n) is 7.00. The number of carbonyl (C=O) groups is 3. The molecule has 3 aliphatic rings. The van der Waals surface area contributed by atoms with Gasteiger partial charge in [-0.05, 0) is 70.4 Å². The number of aryl methyl sites for hydroxylation is 2. The van der Waals surface area contributed by atoms with Gasteiger partial charge in [0.1, 0.15) is 24.0 Å². The normalized spacial score (nSPS) is 15.8. The van der Waals surface area contributed by atoms with E-state index in [0.29, 0.717) is 18.7 Å². The molecule has 9 heteroatoms. The third-order valence-corrected chi connectivity index (χ3v) is 7.00. The van der Waals surface area contributed by atoms with Crippen molar-refractivity contribution in [2.45, 2.75) is 52.2 Å². The van der Waals surface area contributed by atoms with Crippen LogP contribution in [0.5, 0.6) is 0 Å². The number of aromatic nitrogens is 2. The van der Waals surface area contributed by atoms with Gasteiger partial charge in [-0.25, -0.2) is 9.78 Å². The number of carbonyl (C=O) groups excluding carboxylic acids is 3. The van der Waals surface area contributed by atoms with Gasteiger partial charge in [0.15, 0.2) is 0 Å². The predicted molar refractivity (Wildman–Crippen MR) is 147 cm³/mol. The molecule has 9 nitrogen and oxygen atoms in total. The molecule has 0 spiro atoms. The maximum atomic E-state index is 13.3. The number of nitrogens with one attached hydrogen (secondary N) is 2. The number of likely N-dealkylation sites (tertiary alicyclic amines) is 1. The van der Waals surface area contributed by atoms with Gasteiger partial charge in [0.2, 0.25) is 11.8 Å². The molecule has 3 heterocycles. The zero-order valence-electron chi connectivity index (χ0n) is 22.4. The van der Waals surface area contributed by atoms with Crippen molar-refractivity contribution in [1.29, 1.82) is 0 Å². The molecule has 38 heavy (non-hydrogen) atoms. The first kappa shape index (κ1) is 25.5. The Morgan fingerprint density at radius 3 is 2.63 bits per heavy atom. The van der Waals surface area contributed by atoms with E-state index in [9.17, 15) is 14.4 Å².